The van der Waals surface area contributed by atoms with Crippen molar-refractivity contribution in [2.45, 2.75) is 37.8 Å². The highest BCUT2D eigenvalue weighted by Crippen LogP contribution is 2.31. The van der Waals surface area contributed by atoms with E-state index in [4.69, 9.17) is 11.6 Å². The summed E-state index contributed by atoms with van der Waals surface area (Å²) in [5.74, 6) is -0.904. The number of hydrogen-bond donors (Lipinski definition) is 1. The second-order valence-corrected chi connectivity index (χ2v) is 13.4. The van der Waals surface area contributed by atoms with E-state index in [1.54, 1.807) is 37.3 Å². The Morgan fingerprint density at radius 2 is 1.53 bits per heavy atom. The number of hydrogen-bond acceptors (Lipinski definition) is 4. The van der Waals surface area contributed by atoms with Crippen molar-refractivity contribution in [1.82, 2.24) is 10.2 Å². The average molecular weight is 683 g/mol. The van der Waals surface area contributed by atoms with Crippen LogP contribution in [0, 0.1) is 13.8 Å². The van der Waals surface area contributed by atoms with Crippen LogP contribution in [-0.4, -0.2) is 44.8 Å². The minimum Gasteiger partial charge on any atom is -0.357 e. The van der Waals surface area contributed by atoms with Gasteiger partial charge in [-0.25, -0.2) is 8.42 Å². The Hall–Kier alpha value is -3.66. The van der Waals surface area contributed by atoms with Crippen LogP contribution >= 0.6 is 27.5 Å². The zero-order chi connectivity index (χ0) is 31.1. The van der Waals surface area contributed by atoms with E-state index in [9.17, 15) is 18.0 Å². The van der Waals surface area contributed by atoms with Crippen LogP contribution in [-0.2, 0) is 32.6 Å². The molecule has 0 saturated heterocycles. The number of benzene rings is 4. The highest BCUT2D eigenvalue weighted by Gasteiger charge is 2.35. The molecule has 0 spiro atoms. The first kappa shape index (κ1) is 32.3. The molecule has 7 nitrogen and oxygen atoms in total. The van der Waals surface area contributed by atoms with Gasteiger partial charge in [-0.05, 0) is 66.9 Å². The number of likely N-dealkylation sites (N-methyl/N-ethyl adjacent to an activating group) is 1. The molecule has 0 heterocycles. The summed E-state index contributed by atoms with van der Waals surface area (Å²) in [5, 5.41) is 3.06. The summed E-state index contributed by atoms with van der Waals surface area (Å²) in [4.78, 5) is 29.2. The molecule has 0 bridgehead atoms. The number of amides is 2. The maximum atomic E-state index is 14.4. The van der Waals surface area contributed by atoms with Crippen molar-refractivity contribution in [3.63, 3.8) is 0 Å². The van der Waals surface area contributed by atoms with Crippen LogP contribution in [0.3, 0.4) is 0 Å². The summed E-state index contributed by atoms with van der Waals surface area (Å²) in [5.41, 5.74) is 3.33. The van der Waals surface area contributed by atoms with Crippen LogP contribution < -0.4 is 9.62 Å². The Labute approximate surface area is 266 Å². The summed E-state index contributed by atoms with van der Waals surface area (Å²) in [6, 6.07) is 27.3. The van der Waals surface area contributed by atoms with Gasteiger partial charge in [0, 0.05) is 29.5 Å². The topological polar surface area (TPSA) is 86.8 Å². The van der Waals surface area contributed by atoms with Gasteiger partial charge in [-0.3, -0.25) is 13.9 Å². The van der Waals surface area contributed by atoms with E-state index >= 15 is 0 Å². The Morgan fingerprint density at radius 3 is 2.19 bits per heavy atom. The zero-order valence-corrected chi connectivity index (χ0v) is 27.3. The van der Waals surface area contributed by atoms with Gasteiger partial charge in [-0.1, -0.05) is 93.8 Å². The molecule has 0 saturated carbocycles. The SMILES string of the molecule is CNC(=O)[C@@H](Cc1ccccc1)N(Cc1cccc(Br)c1)C(=O)CN(c1cccc(Cl)c1C)S(=O)(=O)c1ccc(C)cc1. The molecular weight excluding hydrogens is 650 g/mol. The predicted octanol–water partition coefficient (Wildman–Crippen LogP) is 6.30. The fourth-order valence-corrected chi connectivity index (χ4v) is 6.86. The number of carbonyl (C=O) groups is 2. The van der Waals surface area contributed by atoms with Gasteiger partial charge in [0.1, 0.15) is 12.6 Å². The molecule has 2 amide bonds. The minimum atomic E-state index is -4.21. The van der Waals surface area contributed by atoms with E-state index in [0.717, 1.165) is 25.5 Å². The van der Waals surface area contributed by atoms with Gasteiger partial charge in [0.15, 0.2) is 0 Å². The van der Waals surface area contributed by atoms with E-state index in [0.29, 0.717) is 10.6 Å². The van der Waals surface area contributed by atoms with Crippen molar-refractivity contribution in [3.05, 3.63) is 129 Å². The van der Waals surface area contributed by atoms with Crippen molar-refractivity contribution < 1.29 is 18.0 Å². The molecule has 43 heavy (non-hydrogen) atoms. The second kappa shape index (κ2) is 14.2. The number of anilines is 1. The number of halogens is 2. The Bertz CT molecular complexity index is 1700. The number of aryl methyl sites for hydroxylation is 1. The number of sulfonamides is 1. The molecule has 1 atom stereocenters. The maximum Gasteiger partial charge on any atom is 0.264 e. The average Bonchev–Trinajstić information content (AvgIpc) is 2.99. The third-order valence-corrected chi connectivity index (χ3v) is 9.83. The summed E-state index contributed by atoms with van der Waals surface area (Å²) in [6.07, 6.45) is 0.237. The van der Waals surface area contributed by atoms with Crippen LogP contribution in [0.5, 0.6) is 0 Å². The standard InChI is InChI=1S/C33H33BrClN3O4S/c1-23-15-17-28(18-16-23)43(41,42)38(30-14-8-13-29(35)24(30)2)22-32(39)37(21-26-11-7-12-27(34)19-26)31(33(40)36-3)20-25-9-5-4-6-10-25/h4-19,31H,20-22H2,1-3H3,(H,36,40)/t31-/m1/s1. The van der Waals surface area contributed by atoms with Gasteiger partial charge in [0.05, 0.1) is 10.6 Å². The lowest BCUT2D eigenvalue weighted by Gasteiger charge is -2.34. The van der Waals surface area contributed by atoms with Gasteiger partial charge in [-0.15, -0.1) is 0 Å². The lowest BCUT2D eigenvalue weighted by atomic mass is 10.0. The summed E-state index contributed by atoms with van der Waals surface area (Å²) >= 11 is 9.91. The monoisotopic (exact) mass is 681 g/mol. The fourth-order valence-electron chi connectivity index (χ4n) is 4.77. The molecule has 0 unspecified atom stereocenters. The highest BCUT2D eigenvalue weighted by atomic mass is 79.9. The van der Waals surface area contributed by atoms with Crippen LogP contribution in [0.25, 0.3) is 0 Å². The van der Waals surface area contributed by atoms with Crippen molar-refractivity contribution in [1.29, 1.82) is 0 Å². The van der Waals surface area contributed by atoms with Crippen LogP contribution in [0.15, 0.2) is 106 Å². The van der Waals surface area contributed by atoms with Gasteiger partial charge in [-0.2, -0.15) is 0 Å². The van der Waals surface area contributed by atoms with E-state index in [2.05, 4.69) is 21.2 Å². The molecule has 0 radical (unpaired) electrons. The number of rotatable bonds is 11. The molecule has 4 aromatic carbocycles. The van der Waals surface area contributed by atoms with E-state index in [1.165, 1.54) is 24.1 Å². The van der Waals surface area contributed by atoms with Gasteiger partial charge < -0.3 is 10.2 Å². The lowest BCUT2D eigenvalue weighted by molar-refractivity contribution is -0.139. The summed E-state index contributed by atoms with van der Waals surface area (Å²) in [7, 11) is -2.69. The Kier molecular flexibility index (Phi) is 10.7. The van der Waals surface area contributed by atoms with E-state index in [1.807, 2.05) is 61.5 Å². The van der Waals surface area contributed by atoms with Crippen molar-refractivity contribution in [2.75, 3.05) is 17.9 Å². The molecule has 4 rings (SSSR count). The van der Waals surface area contributed by atoms with Crippen LogP contribution in [0.2, 0.25) is 5.02 Å². The zero-order valence-electron chi connectivity index (χ0n) is 24.1. The van der Waals surface area contributed by atoms with Crippen molar-refractivity contribution in [2.24, 2.45) is 0 Å². The number of nitrogens with one attached hydrogen (secondary N) is 1. The van der Waals surface area contributed by atoms with Gasteiger partial charge in [0.2, 0.25) is 11.8 Å². The highest BCUT2D eigenvalue weighted by molar-refractivity contribution is 9.10. The van der Waals surface area contributed by atoms with Gasteiger partial charge >= 0.3 is 0 Å². The number of nitrogens with zero attached hydrogens (tertiary/aromatic N) is 2. The molecule has 0 aliphatic rings. The molecule has 224 valence electrons. The first-order valence-corrected chi connectivity index (χ1v) is 16.3. The third kappa shape index (κ3) is 7.84. The molecule has 4 aromatic rings. The summed E-state index contributed by atoms with van der Waals surface area (Å²) < 4.78 is 30.2. The van der Waals surface area contributed by atoms with E-state index < -0.39 is 28.5 Å². The predicted molar refractivity (Wildman–Crippen MR) is 175 cm³/mol. The normalized spacial score (nSPS) is 11.9. The molecule has 0 fully saturated rings. The van der Waals surface area contributed by atoms with Crippen molar-refractivity contribution in [3.8, 4) is 0 Å². The maximum absolute atomic E-state index is 14.4. The molecular formula is C33H33BrClN3O4S. The molecule has 0 aromatic heterocycles. The fraction of sp³-hybridized carbons (Fsp3) is 0.212. The molecule has 0 aliphatic heterocycles. The van der Waals surface area contributed by atoms with Crippen LogP contribution in [0.4, 0.5) is 5.69 Å². The molecule has 10 heteroatoms. The molecule has 1 N–H and O–H groups in total. The Morgan fingerprint density at radius 1 is 0.884 bits per heavy atom. The number of carbonyl (C=O) groups excluding carboxylic acids is 2. The minimum absolute atomic E-state index is 0.0379. The smallest absolute Gasteiger partial charge is 0.264 e. The van der Waals surface area contributed by atoms with E-state index in [-0.39, 0.29) is 29.5 Å². The van der Waals surface area contributed by atoms with Gasteiger partial charge in [0.25, 0.3) is 10.0 Å². The second-order valence-electron chi connectivity index (χ2n) is 10.2. The lowest BCUT2D eigenvalue weighted by Crippen LogP contribution is -2.53. The first-order valence-electron chi connectivity index (χ1n) is 13.6. The van der Waals surface area contributed by atoms with Crippen LogP contribution in [0.1, 0.15) is 22.3 Å². The Balaban J connectivity index is 1.82. The summed E-state index contributed by atoms with van der Waals surface area (Å²) in [6.45, 7) is 3.11. The first-order chi connectivity index (χ1) is 20.5. The van der Waals surface area contributed by atoms with Crippen molar-refractivity contribution >= 4 is 55.1 Å². The quantitative estimate of drug-likeness (QED) is 0.201. The largest absolute Gasteiger partial charge is 0.357 e. The third-order valence-electron chi connectivity index (χ3n) is 7.16. The molecule has 0 aliphatic carbocycles.